The number of anilines is 2. The summed E-state index contributed by atoms with van der Waals surface area (Å²) in [7, 11) is 0. The summed E-state index contributed by atoms with van der Waals surface area (Å²) >= 11 is 0. The number of rotatable bonds is 4. The Morgan fingerprint density at radius 2 is 2.03 bits per heavy atom. The monoisotopic (exact) mass is 421 g/mol. The van der Waals surface area contributed by atoms with Gasteiger partial charge in [0.05, 0.1) is 11.5 Å². The number of pyridine rings is 1. The molecule has 1 atom stereocenters. The Balaban J connectivity index is 1.24. The van der Waals surface area contributed by atoms with Gasteiger partial charge in [-0.15, -0.1) is 0 Å². The van der Waals surface area contributed by atoms with E-state index in [0.29, 0.717) is 48.7 Å². The minimum Gasteiger partial charge on any atom is -0.486 e. The Kier molecular flexibility index (Phi) is 5.15. The van der Waals surface area contributed by atoms with Gasteiger partial charge in [-0.1, -0.05) is 5.16 Å². The van der Waals surface area contributed by atoms with Gasteiger partial charge in [0.25, 0.3) is 5.89 Å². The molecule has 4 heterocycles. The van der Waals surface area contributed by atoms with Crippen LogP contribution < -0.4 is 19.7 Å². The van der Waals surface area contributed by atoms with E-state index in [-0.39, 0.29) is 11.8 Å². The van der Waals surface area contributed by atoms with E-state index in [1.165, 1.54) is 0 Å². The zero-order chi connectivity index (χ0) is 21.2. The van der Waals surface area contributed by atoms with Crippen LogP contribution >= 0.6 is 0 Å². The van der Waals surface area contributed by atoms with Crippen molar-refractivity contribution in [3.8, 4) is 23.0 Å². The summed E-state index contributed by atoms with van der Waals surface area (Å²) in [6, 6.07) is 9.32. The first-order valence-electron chi connectivity index (χ1n) is 10.4. The second-order valence-corrected chi connectivity index (χ2v) is 7.68. The molecule has 0 spiro atoms. The molecule has 31 heavy (non-hydrogen) atoms. The molecule has 0 radical (unpaired) electrons. The van der Waals surface area contributed by atoms with Crippen molar-refractivity contribution >= 4 is 17.4 Å². The summed E-state index contributed by atoms with van der Waals surface area (Å²) in [6.07, 6.45) is 3.49. The highest BCUT2D eigenvalue weighted by molar-refractivity contribution is 5.93. The third kappa shape index (κ3) is 4.16. The Morgan fingerprint density at radius 1 is 1.16 bits per heavy atom. The van der Waals surface area contributed by atoms with Crippen molar-refractivity contribution in [1.29, 1.82) is 0 Å². The lowest BCUT2D eigenvalue weighted by Gasteiger charge is -2.33. The van der Waals surface area contributed by atoms with E-state index in [2.05, 4.69) is 25.3 Å². The SMILES string of the molecule is Cc1noc(-c2ccc(N3CCC[C@H](C(=O)Nc4ccc5c(c4)OCCO5)C3)nc2)n1. The van der Waals surface area contributed by atoms with Gasteiger partial charge in [-0.25, -0.2) is 4.98 Å². The number of aryl methyl sites for hydroxylation is 1. The van der Waals surface area contributed by atoms with E-state index in [9.17, 15) is 4.79 Å². The van der Waals surface area contributed by atoms with Gasteiger partial charge in [0.1, 0.15) is 19.0 Å². The largest absolute Gasteiger partial charge is 0.486 e. The van der Waals surface area contributed by atoms with Gasteiger partial charge >= 0.3 is 0 Å². The van der Waals surface area contributed by atoms with Crippen LogP contribution in [0.3, 0.4) is 0 Å². The summed E-state index contributed by atoms with van der Waals surface area (Å²) < 4.78 is 16.3. The molecule has 1 saturated heterocycles. The second-order valence-electron chi connectivity index (χ2n) is 7.68. The molecular weight excluding hydrogens is 398 g/mol. The summed E-state index contributed by atoms with van der Waals surface area (Å²) in [5.74, 6) is 3.11. The van der Waals surface area contributed by atoms with Crippen LogP contribution in [0.2, 0.25) is 0 Å². The molecule has 9 heteroatoms. The van der Waals surface area contributed by atoms with Crippen molar-refractivity contribution in [2.75, 3.05) is 36.5 Å². The molecular formula is C22H23N5O4. The fourth-order valence-electron chi connectivity index (χ4n) is 3.88. The van der Waals surface area contributed by atoms with Crippen molar-refractivity contribution in [1.82, 2.24) is 15.1 Å². The van der Waals surface area contributed by atoms with Crippen LogP contribution in [-0.4, -0.2) is 47.3 Å². The predicted octanol–water partition coefficient (Wildman–Crippen LogP) is 3.07. The third-order valence-electron chi connectivity index (χ3n) is 5.45. The summed E-state index contributed by atoms with van der Waals surface area (Å²) in [6.45, 7) is 4.31. The second kappa shape index (κ2) is 8.25. The van der Waals surface area contributed by atoms with Crippen LogP contribution in [0.4, 0.5) is 11.5 Å². The maximum absolute atomic E-state index is 12.9. The number of piperidine rings is 1. The summed E-state index contributed by atoms with van der Waals surface area (Å²) in [5, 5.41) is 6.83. The molecule has 5 rings (SSSR count). The number of amides is 1. The van der Waals surface area contributed by atoms with E-state index in [1.807, 2.05) is 30.3 Å². The van der Waals surface area contributed by atoms with Gasteiger partial charge < -0.3 is 24.2 Å². The lowest BCUT2D eigenvalue weighted by molar-refractivity contribution is -0.120. The van der Waals surface area contributed by atoms with E-state index >= 15 is 0 Å². The maximum atomic E-state index is 12.9. The maximum Gasteiger partial charge on any atom is 0.259 e. The van der Waals surface area contributed by atoms with Gasteiger partial charge in [0.15, 0.2) is 17.3 Å². The number of aromatic nitrogens is 3. The molecule has 1 N–H and O–H groups in total. The predicted molar refractivity (Wildman–Crippen MR) is 113 cm³/mol. The van der Waals surface area contributed by atoms with Crippen molar-refractivity contribution in [2.24, 2.45) is 5.92 Å². The number of ether oxygens (including phenoxy) is 2. The fraction of sp³-hybridized carbons (Fsp3) is 0.364. The highest BCUT2D eigenvalue weighted by Gasteiger charge is 2.27. The van der Waals surface area contributed by atoms with Crippen LogP contribution in [-0.2, 0) is 4.79 Å². The van der Waals surface area contributed by atoms with Gasteiger partial charge in [0.2, 0.25) is 5.91 Å². The molecule has 160 valence electrons. The first kappa shape index (κ1) is 19.3. The minimum atomic E-state index is -0.123. The van der Waals surface area contributed by atoms with Gasteiger partial charge in [-0.3, -0.25) is 4.79 Å². The first-order chi connectivity index (χ1) is 15.2. The van der Waals surface area contributed by atoms with Crippen molar-refractivity contribution in [3.05, 3.63) is 42.4 Å². The van der Waals surface area contributed by atoms with E-state index in [0.717, 1.165) is 30.8 Å². The lowest BCUT2D eigenvalue weighted by atomic mass is 9.97. The Hall–Kier alpha value is -3.62. The topological polar surface area (TPSA) is 103 Å². The Labute approximate surface area is 179 Å². The van der Waals surface area contributed by atoms with Crippen molar-refractivity contribution < 1.29 is 18.8 Å². The van der Waals surface area contributed by atoms with Crippen LogP contribution in [0.1, 0.15) is 18.7 Å². The van der Waals surface area contributed by atoms with Gasteiger partial charge in [-0.05, 0) is 44.0 Å². The van der Waals surface area contributed by atoms with E-state index in [1.54, 1.807) is 13.1 Å². The molecule has 0 saturated carbocycles. The highest BCUT2D eigenvalue weighted by atomic mass is 16.6. The number of carbonyl (C=O) groups excluding carboxylic acids is 1. The molecule has 2 aliphatic heterocycles. The van der Waals surface area contributed by atoms with E-state index < -0.39 is 0 Å². The van der Waals surface area contributed by atoms with Crippen LogP contribution in [0.5, 0.6) is 11.5 Å². The highest BCUT2D eigenvalue weighted by Crippen LogP contribution is 2.33. The molecule has 0 unspecified atom stereocenters. The van der Waals surface area contributed by atoms with Crippen molar-refractivity contribution in [3.63, 3.8) is 0 Å². The molecule has 2 aliphatic rings. The zero-order valence-electron chi connectivity index (χ0n) is 17.2. The molecule has 1 fully saturated rings. The lowest BCUT2D eigenvalue weighted by Crippen LogP contribution is -2.41. The normalized spacial score (nSPS) is 18.0. The average molecular weight is 421 g/mol. The molecule has 0 aliphatic carbocycles. The standard InChI is InChI=1S/C22H23N5O4/c1-14-24-22(31-26-14)15-4-7-20(23-12-15)27-8-2-3-16(13-27)21(28)25-17-5-6-18-19(11-17)30-10-9-29-18/h4-7,11-12,16H,2-3,8-10,13H2,1H3,(H,25,28)/t16-/m0/s1. The Bertz CT molecular complexity index is 1080. The van der Waals surface area contributed by atoms with Crippen LogP contribution in [0.15, 0.2) is 41.1 Å². The van der Waals surface area contributed by atoms with Crippen molar-refractivity contribution in [2.45, 2.75) is 19.8 Å². The average Bonchev–Trinajstić information content (AvgIpc) is 3.25. The molecule has 3 aromatic rings. The minimum absolute atomic E-state index is 0.000617. The number of carbonyl (C=O) groups is 1. The van der Waals surface area contributed by atoms with Crippen LogP contribution in [0, 0.1) is 12.8 Å². The number of nitrogens with one attached hydrogen (secondary N) is 1. The molecule has 1 aromatic carbocycles. The number of benzene rings is 1. The van der Waals surface area contributed by atoms with Crippen LogP contribution in [0.25, 0.3) is 11.5 Å². The molecule has 9 nitrogen and oxygen atoms in total. The number of nitrogens with zero attached hydrogens (tertiary/aromatic N) is 4. The third-order valence-corrected chi connectivity index (χ3v) is 5.45. The van der Waals surface area contributed by atoms with E-state index in [4.69, 9.17) is 14.0 Å². The molecule has 1 amide bonds. The number of hydrogen-bond donors (Lipinski definition) is 1. The quantitative estimate of drug-likeness (QED) is 0.686. The summed E-state index contributed by atoms with van der Waals surface area (Å²) in [5.41, 5.74) is 1.48. The Morgan fingerprint density at radius 3 is 2.81 bits per heavy atom. The van der Waals surface area contributed by atoms with Gasteiger partial charge in [-0.2, -0.15) is 4.98 Å². The fourth-order valence-corrected chi connectivity index (χ4v) is 3.88. The number of fused-ring (bicyclic) bond motifs is 1. The summed E-state index contributed by atoms with van der Waals surface area (Å²) in [4.78, 5) is 23.8. The smallest absolute Gasteiger partial charge is 0.259 e. The molecule has 2 aromatic heterocycles. The zero-order valence-corrected chi connectivity index (χ0v) is 17.2. The molecule has 0 bridgehead atoms. The van der Waals surface area contributed by atoms with Gasteiger partial charge in [0, 0.05) is 31.0 Å². The first-order valence-corrected chi connectivity index (χ1v) is 10.4. The number of hydrogen-bond acceptors (Lipinski definition) is 8.